The third kappa shape index (κ3) is 2.88. The summed E-state index contributed by atoms with van der Waals surface area (Å²) in [4.78, 5) is 0. The van der Waals surface area contributed by atoms with Gasteiger partial charge in [0.2, 0.25) is 0 Å². The molecule has 0 amide bonds. The Labute approximate surface area is 117 Å². The fraction of sp³-hybridized carbons (Fsp3) is 0.400. The molecule has 2 aromatic rings. The highest BCUT2D eigenvalue weighted by Crippen LogP contribution is 2.25. The molecule has 20 heavy (non-hydrogen) atoms. The molecule has 1 N–H and O–H groups in total. The van der Waals surface area contributed by atoms with Gasteiger partial charge in [0.1, 0.15) is 17.4 Å². The highest BCUT2D eigenvalue weighted by Gasteiger charge is 2.20. The van der Waals surface area contributed by atoms with E-state index in [1.807, 2.05) is 27.7 Å². The smallest absolute Gasteiger partial charge is 0.138 e. The number of nitrogens with one attached hydrogen (secondary N) is 1. The van der Waals surface area contributed by atoms with Gasteiger partial charge in [0.25, 0.3) is 0 Å². The maximum Gasteiger partial charge on any atom is 0.138 e. The van der Waals surface area contributed by atoms with Gasteiger partial charge in [0.15, 0.2) is 0 Å². The summed E-state index contributed by atoms with van der Waals surface area (Å²) in [5, 5.41) is 7.19. The van der Waals surface area contributed by atoms with E-state index in [1.165, 1.54) is 12.1 Å². The zero-order valence-corrected chi connectivity index (χ0v) is 12.0. The molecule has 2 unspecified atom stereocenters. The predicted molar refractivity (Wildman–Crippen MR) is 72.3 cm³/mol. The molecule has 0 fully saturated rings. The van der Waals surface area contributed by atoms with E-state index in [9.17, 15) is 8.78 Å². The SMILES string of the molecule is Cc1noc(C)c1C(C)NC(C)c1ccc(F)cc1F. The van der Waals surface area contributed by atoms with Crippen LogP contribution in [0.15, 0.2) is 22.7 Å². The van der Waals surface area contributed by atoms with E-state index in [2.05, 4.69) is 10.5 Å². The van der Waals surface area contributed by atoms with E-state index in [4.69, 9.17) is 4.52 Å². The maximum atomic E-state index is 13.7. The normalized spacial score (nSPS) is 14.3. The molecule has 1 aromatic carbocycles. The minimum atomic E-state index is -0.572. The van der Waals surface area contributed by atoms with Crippen LogP contribution in [-0.4, -0.2) is 5.16 Å². The van der Waals surface area contributed by atoms with Gasteiger partial charge in [-0.15, -0.1) is 0 Å². The highest BCUT2D eigenvalue weighted by molar-refractivity contribution is 5.26. The Morgan fingerprint density at radius 2 is 1.85 bits per heavy atom. The van der Waals surface area contributed by atoms with Crippen LogP contribution in [0.2, 0.25) is 0 Å². The van der Waals surface area contributed by atoms with Crippen LogP contribution in [0.3, 0.4) is 0 Å². The van der Waals surface area contributed by atoms with Gasteiger partial charge < -0.3 is 9.84 Å². The van der Waals surface area contributed by atoms with E-state index >= 15 is 0 Å². The van der Waals surface area contributed by atoms with Crippen molar-refractivity contribution in [2.75, 3.05) is 0 Å². The Morgan fingerprint density at radius 1 is 1.15 bits per heavy atom. The molecule has 3 nitrogen and oxygen atoms in total. The third-order valence-electron chi connectivity index (χ3n) is 3.45. The zero-order chi connectivity index (χ0) is 14.9. The van der Waals surface area contributed by atoms with E-state index in [0.717, 1.165) is 23.1 Å². The molecule has 1 heterocycles. The van der Waals surface area contributed by atoms with Gasteiger partial charge in [0.05, 0.1) is 5.69 Å². The first kappa shape index (κ1) is 14.7. The molecule has 0 radical (unpaired) electrons. The Bertz CT molecular complexity index is 590. The van der Waals surface area contributed by atoms with Gasteiger partial charge in [-0.2, -0.15) is 0 Å². The average molecular weight is 280 g/mol. The summed E-state index contributed by atoms with van der Waals surface area (Å²) in [7, 11) is 0. The van der Waals surface area contributed by atoms with Crippen LogP contribution < -0.4 is 5.32 Å². The first-order valence-electron chi connectivity index (χ1n) is 6.54. The van der Waals surface area contributed by atoms with Crippen molar-refractivity contribution in [2.45, 2.75) is 39.8 Å². The standard InChI is InChI=1S/C15H18F2N2O/c1-8(13-6-5-12(16)7-14(13)17)18-9(2)15-10(3)19-20-11(15)4/h5-9,18H,1-4H3. The van der Waals surface area contributed by atoms with Crippen molar-refractivity contribution in [1.29, 1.82) is 0 Å². The molecule has 0 aliphatic carbocycles. The maximum absolute atomic E-state index is 13.7. The number of halogens is 2. The minimum Gasteiger partial charge on any atom is -0.361 e. The van der Waals surface area contributed by atoms with Gasteiger partial charge in [-0.1, -0.05) is 11.2 Å². The van der Waals surface area contributed by atoms with Crippen LogP contribution in [0.5, 0.6) is 0 Å². The molecule has 1 aromatic heterocycles. The van der Waals surface area contributed by atoms with Crippen molar-refractivity contribution in [3.63, 3.8) is 0 Å². The van der Waals surface area contributed by atoms with E-state index in [0.29, 0.717) is 5.56 Å². The molecule has 108 valence electrons. The third-order valence-corrected chi connectivity index (χ3v) is 3.45. The second-order valence-electron chi connectivity index (χ2n) is 5.01. The quantitative estimate of drug-likeness (QED) is 0.920. The van der Waals surface area contributed by atoms with E-state index in [-0.39, 0.29) is 12.1 Å². The molecule has 0 aliphatic rings. The summed E-state index contributed by atoms with van der Waals surface area (Å²) >= 11 is 0. The van der Waals surface area contributed by atoms with Crippen LogP contribution in [0, 0.1) is 25.5 Å². The van der Waals surface area contributed by atoms with Gasteiger partial charge in [-0.05, 0) is 33.8 Å². The van der Waals surface area contributed by atoms with Crippen LogP contribution in [0.4, 0.5) is 8.78 Å². The van der Waals surface area contributed by atoms with Crippen molar-refractivity contribution < 1.29 is 13.3 Å². The van der Waals surface area contributed by atoms with Crippen LogP contribution in [0.1, 0.15) is 48.5 Å². The highest BCUT2D eigenvalue weighted by atomic mass is 19.1. The van der Waals surface area contributed by atoms with Gasteiger partial charge in [-0.25, -0.2) is 8.78 Å². The largest absolute Gasteiger partial charge is 0.361 e. The molecular formula is C15H18F2N2O. The number of aromatic nitrogens is 1. The number of rotatable bonds is 4. The molecular weight excluding hydrogens is 262 g/mol. The Balaban J connectivity index is 2.17. The lowest BCUT2D eigenvalue weighted by Gasteiger charge is -2.20. The lowest BCUT2D eigenvalue weighted by Crippen LogP contribution is -2.24. The lowest BCUT2D eigenvalue weighted by atomic mass is 10.0. The Hall–Kier alpha value is -1.75. The number of nitrogens with zero attached hydrogens (tertiary/aromatic N) is 1. The second kappa shape index (κ2) is 5.71. The van der Waals surface area contributed by atoms with Gasteiger partial charge >= 0.3 is 0 Å². The minimum absolute atomic E-state index is 0.0410. The summed E-state index contributed by atoms with van der Waals surface area (Å²) in [6.07, 6.45) is 0. The number of hydrogen-bond acceptors (Lipinski definition) is 3. The molecule has 0 spiro atoms. The molecule has 2 rings (SSSR count). The van der Waals surface area contributed by atoms with Gasteiger partial charge in [-0.3, -0.25) is 0 Å². The number of benzene rings is 1. The average Bonchev–Trinajstić information content (AvgIpc) is 2.68. The van der Waals surface area contributed by atoms with Crippen LogP contribution in [-0.2, 0) is 0 Å². The molecule has 0 bridgehead atoms. The Kier molecular flexibility index (Phi) is 4.18. The molecule has 0 aliphatic heterocycles. The van der Waals surface area contributed by atoms with Gasteiger partial charge in [0, 0.05) is 29.3 Å². The zero-order valence-electron chi connectivity index (χ0n) is 12.0. The second-order valence-corrected chi connectivity index (χ2v) is 5.01. The molecule has 5 heteroatoms. The predicted octanol–water partition coefficient (Wildman–Crippen LogP) is 3.98. The summed E-state index contributed by atoms with van der Waals surface area (Å²) in [6, 6.07) is 3.33. The van der Waals surface area contributed by atoms with Crippen molar-refractivity contribution in [2.24, 2.45) is 0 Å². The summed E-state index contributed by atoms with van der Waals surface area (Å²) in [5.74, 6) is -0.373. The summed E-state index contributed by atoms with van der Waals surface area (Å²) < 4.78 is 31.8. The monoisotopic (exact) mass is 280 g/mol. The van der Waals surface area contributed by atoms with Crippen molar-refractivity contribution in [3.8, 4) is 0 Å². The Morgan fingerprint density at radius 3 is 2.40 bits per heavy atom. The molecule has 0 saturated carbocycles. The first-order chi connectivity index (χ1) is 9.40. The van der Waals surface area contributed by atoms with E-state index < -0.39 is 11.6 Å². The number of hydrogen-bond donors (Lipinski definition) is 1. The van der Waals surface area contributed by atoms with Crippen molar-refractivity contribution >= 4 is 0 Å². The van der Waals surface area contributed by atoms with Crippen molar-refractivity contribution in [1.82, 2.24) is 10.5 Å². The summed E-state index contributed by atoms with van der Waals surface area (Å²) in [5.41, 5.74) is 2.22. The lowest BCUT2D eigenvalue weighted by molar-refractivity contribution is 0.389. The van der Waals surface area contributed by atoms with E-state index in [1.54, 1.807) is 0 Å². The molecule has 2 atom stereocenters. The fourth-order valence-corrected chi connectivity index (χ4v) is 2.51. The van der Waals surface area contributed by atoms with Crippen LogP contribution >= 0.6 is 0 Å². The summed E-state index contributed by atoms with van der Waals surface area (Å²) in [6.45, 7) is 7.51. The first-order valence-corrected chi connectivity index (χ1v) is 6.54. The molecule has 0 saturated heterocycles. The number of aryl methyl sites for hydroxylation is 2. The van der Waals surface area contributed by atoms with Crippen molar-refractivity contribution in [3.05, 3.63) is 52.4 Å². The fourth-order valence-electron chi connectivity index (χ4n) is 2.51. The van der Waals surface area contributed by atoms with Crippen LogP contribution in [0.25, 0.3) is 0 Å². The topological polar surface area (TPSA) is 38.1 Å².